The maximum absolute atomic E-state index is 13.3. The van der Waals surface area contributed by atoms with Crippen molar-refractivity contribution in [3.05, 3.63) is 64.2 Å². The molecule has 0 bridgehead atoms. The van der Waals surface area contributed by atoms with Gasteiger partial charge in [0, 0.05) is 37.2 Å². The Morgan fingerprint density at radius 1 is 0.896 bits per heavy atom. The highest BCUT2D eigenvalue weighted by Gasteiger charge is 2.29. The summed E-state index contributed by atoms with van der Waals surface area (Å²) in [6.45, 7) is 3.44. The van der Waals surface area contributed by atoms with Gasteiger partial charge in [-0.15, -0.1) is 0 Å². The second-order valence-corrected chi connectivity index (χ2v) is 10.8. The highest BCUT2D eigenvalue weighted by atomic mass is 16.7. The molecule has 0 fully saturated rings. The first kappa shape index (κ1) is 38.4. The first-order valence-electron chi connectivity index (χ1n) is 15.0. The van der Waals surface area contributed by atoms with Crippen LogP contribution in [0.1, 0.15) is 51.5 Å². The van der Waals surface area contributed by atoms with Gasteiger partial charge >= 0.3 is 18.2 Å². The van der Waals surface area contributed by atoms with Crippen LogP contribution in [0.3, 0.4) is 0 Å². The van der Waals surface area contributed by atoms with E-state index in [-0.39, 0.29) is 56.2 Å². The van der Waals surface area contributed by atoms with Gasteiger partial charge in [-0.25, -0.2) is 9.59 Å². The third-order valence-corrected chi connectivity index (χ3v) is 6.71. The number of hydrogen-bond acceptors (Lipinski definition) is 11. The number of primary amides is 1. The quantitative estimate of drug-likeness (QED) is 0.0506. The number of carbonyl (C=O) groups is 6. The number of nitro groups is 1. The van der Waals surface area contributed by atoms with Gasteiger partial charge in [0.2, 0.25) is 17.7 Å². The van der Waals surface area contributed by atoms with Crippen molar-refractivity contribution < 1.29 is 47.9 Å². The molecule has 17 nitrogen and oxygen atoms in total. The van der Waals surface area contributed by atoms with Crippen LogP contribution in [0.2, 0.25) is 0 Å². The van der Waals surface area contributed by atoms with Crippen LogP contribution < -0.4 is 31.7 Å². The number of urea groups is 1. The number of non-ortho nitro benzene ring substituents is 1. The normalized spacial score (nSPS) is 11.8. The van der Waals surface area contributed by atoms with Crippen LogP contribution in [0.25, 0.3) is 0 Å². The molecule has 5 amide bonds. The van der Waals surface area contributed by atoms with Crippen LogP contribution in [0.15, 0.2) is 48.5 Å². The summed E-state index contributed by atoms with van der Waals surface area (Å²) in [7, 11) is 1.25. The lowest BCUT2D eigenvalue weighted by molar-refractivity contribution is -0.384. The van der Waals surface area contributed by atoms with Crippen molar-refractivity contribution >= 4 is 47.3 Å². The Bertz CT molecular complexity index is 1430. The first-order valence-corrected chi connectivity index (χ1v) is 15.0. The van der Waals surface area contributed by atoms with E-state index < -0.39 is 52.9 Å². The van der Waals surface area contributed by atoms with Crippen molar-refractivity contribution in [3.8, 4) is 5.75 Å². The van der Waals surface area contributed by atoms with Crippen molar-refractivity contribution in [2.45, 2.75) is 64.6 Å². The van der Waals surface area contributed by atoms with E-state index in [2.05, 4.69) is 26.0 Å². The summed E-state index contributed by atoms with van der Waals surface area (Å²) in [6.07, 6.45) is -0.327. The molecule has 260 valence electrons. The summed E-state index contributed by atoms with van der Waals surface area (Å²) in [5.74, 6) is -2.33. The number of nitrogens with two attached hydrogens (primary N) is 1. The van der Waals surface area contributed by atoms with Gasteiger partial charge < -0.3 is 41.2 Å². The molecule has 0 saturated heterocycles. The number of esters is 1. The van der Waals surface area contributed by atoms with Crippen molar-refractivity contribution in [1.29, 1.82) is 0 Å². The average molecular weight is 673 g/mol. The lowest BCUT2D eigenvalue weighted by Crippen LogP contribution is -2.54. The molecule has 48 heavy (non-hydrogen) atoms. The van der Waals surface area contributed by atoms with Crippen molar-refractivity contribution in [3.63, 3.8) is 0 Å². The van der Waals surface area contributed by atoms with Crippen LogP contribution >= 0.6 is 0 Å². The number of amides is 5. The van der Waals surface area contributed by atoms with Gasteiger partial charge in [-0.3, -0.25) is 29.3 Å². The summed E-state index contributed by atoms with van der Waals surface area (Å²) < 4.78 is 14.6. The first-order chi connectivity index (χ1) is 22.8. The molecule has 2 rings (SSSR count). The summed E-state index contributed by atoms with van der Waals surface area (Å²) in [4.78, 5) is 83.5. The van der Waals surface area contributed by atoms with E-state index >= 15 is 0 Å². The van der Waals surface area contributed by atoms with Crippen LogP contribution in [0, 0.1) is 16.0 Å². The molecule has 0 spiro atoms. The van der Waals surface area contributed by atoms with Crippen LogP contribution in [-0.2, 0) is 35.3 Å². The molecule has 0 radical (unpaired) electrons. The highest BCUT2D eigenvalue weighted by Crippen LogP contribution is 2.18. The number of benzene rings is 2. The number of hydrogen-bond donors (Lipinski definition) is 5. The van der Waals surface area contributed by atoms with Crippen LogP contribution in [0.5, 0.6) is 5.75 Å². The molecule has 6 N–H and O–H groups in total. The molecule has 17 heteroatoms. The monoisotopic (exact) mass is 672 g/mol. The van der Waals surface area contributed by atoms with Gasteiger partial charge in [0.25, 0.3) is 5.69 Å². The molecular formula is C31H40N6O11. The minimum Gasteiger partial charge on any atom is -0.469 e. The standard InChI is InChI=1S/C31H40N6O11/c1-19(2)27(36-25(38)7-4-8-26(39)46-3)29(41)35-24(6-5-17-33-30(32)42)28(40)34-21-11-9-20(10-12-21)18-47-31(43)48-23-15-13-22(14-16-23)37(44)45/h9-16,19,24,27H,4-8,17-18H2,1-3H3,(H,34,40)(H,35,41)(H,36,38)(H3,32,33,42)/t24-,27-/m0/s1. The topological polar surface area (TPSA) is 247 Å². The molecule has 0 heterocycles. The van der Waals surface area contributed by atoms with E-state index in [1.165, 1.54) is 31.4 Å². The fourth-order valence-corrected chi connectivity index (χ4v) is 4.14. The van der Waals surface area contributed by atoms with E-state index in [9.17, 15) is 38.9 Å². The number of nitrogens with zero attached hydrogens (tertiary/aromatic N) is 1. The molecule has 0 aromatic heterocycles. The van der Waals surface area contributed by atoms with Gasteiger partial charge in [-0.1, -0.05) is 26.0 Å². The summed E-state index contributed by atoms with van der Waals surface area (Å²) in [5.41, 5.74) is 5.87. The number of nitrogens with one attached hydrogen (secondary N) is 4. The Hall–Kier alpha value is -5.74. The summed E-state index contributed by atoms with van der Waals surface area (Å²) in [6, 6.07) is 8.40. The molecule has 2 aromatic carbocycles. The number of methoxy groups -OCH3 is 1. The number of anilines is 1. The number of rotatable bonds is 18. The molecule has 2 aromatic rings. The minimum absolute atomic E-state index is 0.00366. The van der Waals surface area contributed by atoms with E-state index in [1.807, 2.05) is 0 Å². The lowest BCUT2D eigenvalue weighted by Gasteiger charge is -2.25. The Kier molecular flexibility index (Phi) is 15.8. The minimum atomic E-state index is -1.05. The molecular weight excluding hydrogens is 632 g/mol. The second-order valence-electron chi connectivity index (χ2n) is 10.8. The van der Waals surface area contributed by atoms with Gasteiger partial charge in [0.15, 0.2) is 0 Å². The fraction of sp³-hybridized carbons (Fsp3) is 0.419. The van der Waals surface area contributed by atoms with E-state index in [0.29, 0.717) is 17.7 Å². The molecule has 0 saturated carbocycles. The number of nitro benzene ring substituents is 1. The molecule has 0 aliphatic rings. The lowest BCUT2D eigenvalue weighted by atomic mass is 10.0. The average Bonchev–Trinajstić information content (AvgIpc) is 3.04. The Morgan fingerprint density at radius 2 is 1.56 bits per heavy atom. The third kappa shape index (κ3) is 14.1. The Balaban J connectivity index is 1.99. The zero-order valence-electron chi connectivity index (χ0n) is 26.8. The van der Waals surface area contributed by atoms with E-state index in [0.717, 1.165) is 0 Å². The Morgan fingerprint density at radius 3 is 2.15 bits per heavy atom. The van der Waals surface area contributed by atoms with Crippen molar-refractivity contribution in [2.75, 3.05) is 19.0 Å². The Labute approximate surface area is 276 Å². The van der Waals surface area contributed by atoms with Gasteiger partial charge in [0.1, 0.15) is 24.4 Å². The fourth-order valence-electron chi connectivity index (χ4n) is 4.14. The number of carbonyl (C=O) groups excluding carboxylic acids is 6. The second kappa shape index (κ2) is 19.7. The van der Waals surface area contributed by atoms with Crippen molar-refractivity contribution in [2.24, 2.45) is 11.7 Å². The van der Waals surface area contributed by atoms with Crippen LogP contribution in [-0.4, -0.2) is 66.5 Å². The van der Waals surface area contributed by atoms with Gasteiger partial charge in [0.05, 0.1) is 12.0 Å². The van der Waals surface area contributed by atoms with Crippen LogP contribution in [0.4, 0.5) is 21.0 Å². The summed E-state index contributed by atoms with van der Waals surface area (Å²) >= 11 is 0. The highest BCUT2D eigenvalue weighted by molar-refractivity contribution is 5.98. The predicted octanol–water partition coefficient (Wildman–Crippen LogP) is 2.67. The largest absolute Gasteiger partial charge is 0.514 e. The molecule has 0 aliphatic heterocycles. The van der Waals surface area contributed by atoms with E-state index in [4.69, 9.17) is 15.2 Å². The predicted molar refractivity (Wildman–Crippen MR) is 170 cm³/mol. The van der Waals surface area contributed by atoms with Gasteiger partial charge in [-0.2, -0.15) is 0 Å². The number of ether oxygens (including phenoxy) is 3. The zero-order chi connectivity index (χ0) is 35.6. The molecule has 0 unspecified atom stereocenters. The van der Waals surface area contributed by atoms with E-state index in [1.54, 1.807) is 38.1 Å². The zero-order valence-corrected chi connectivity index (χ0v) is 26.8. The molecule has 2 atom stereocenters. The summed E-state index contributed by atoms with van der Waals surface area (Å²) in [5, 5.41) is 21.2. The smallest absolute Gasteiger partial charge is 0.469 e. The molecule has 0 aliphatic carbocycles. The van der Waals surface area contributed by atoms with Gasteiger partial charge in [-0.05, 0) is 55.0 Å². The maximum Gasteiger partial charge on any atom is 0.514 e. The third-order valence-electron chi connectivity index (χ3n) is 6.71. The SMILES string of the molecule is COC(=O)CCCC(=O)N[C@H](C(=O)N[C@@H](CCCNC(N)=O)C(=O)Nc1ccc(COC(=O)Oc2ccc([N+](=O)[O-])cc2)cc1)C(C)C. The van der Waals surface area contributed by atoms with Crippen molar-refractivity contribution in [1.82, 2.24) is 16.0 Å². The maximum atomic E-state index is 13.3.